The van der Waals surface area contributed by atoms with Crippen LogP contribution < -0.4 is 62.2 Å². The van der Waals surface area contributed by atoms with Crippen LogP contribution in [0.1, 0.15) is 135 Å². The van der Waals surface area contributed by atoms with Crippen LogP contribution in [0.25, 0.3) is 10.2 Å². The molecule has 1 fully saturated rings. The summed E-state index contributed by atoms with van der Waals surface area (Å²) in [5.41, 5.74) is 18.7. The second kappa shape index (κ2) is 60.4. The number of rotatable bonds is 18. The first-order valence-electron chi connectivity index (χ1n) is 40.5. The number of nitrogens with zero attached hydrogens (tertiary/aromatic N) is 11. The molecular weight excluding hydrogens is 1940 g/mol. The predicted molar refractivity (Wildman–Crippen MR) is 544 cm³/mol. The average molecular weight is 2030 g/mol. The molecule has 0 saturated carbocycles. The van der Waals surface area contributed by atoms with Gasteiger partial charge in [0.05, 0.1) is 87.8 Å². The summed E-state index contributed by atoms with van der Waals surface area (Å²) < 4.78 is 4.94. The number of amidine groups is 1. The maximum absolute atomic E-state index is 12.8. The first kappa shape index (κ1) is 117. The number of benzene rings is 8. The van der Waals surface area contributed by atoms with Crippen molar-refractivity contribution in [3.05, 3.63) is 401 Å². The topological polar surface area (TPSA) is 531 Å². The second-order valence-electron chi connectivity index (χ2n) is 28.8. The summed E-state index contributed by atoms with van der Waals surface area (Å²) in [6.07, 6.45) is 9.75. The molecule has 0 bridgehead atoms. The molecular formula is C97H90Cl7LiN20O15. The third-order valence-corrected chi connectivity index (χ3v) is 19.2. The van der Waals surface area contributed by atoms with E-state index in [1.165, 1.54) is 98.4 Å². The molecule has 1 saturated heterocycles. The summed E-state index contributed by atoms with van der Waals surface area (Å²) in [4.78, 5) is 141. The molecule has 1 aliphatic rings. The van der Waals surface area contributed by atoms with Crippen molar-refractivity contribution in [2.24, 2.45) is 0 Å². The number of hydrogen-bond acceptors (Lipinski definition) is 23. The van der Waals surface area contributed by atoms with E-state index in [1.807, 2.05) is 26.0 Å². The van der Waals surface area contributed by atoms with Crippen LogP contribution in [0.3, 0.4) is 0 Å². The third-order valence-electron chi connectivity index (χ3n) is 17.9. The van der Waals surface area contributed by atoms with E-state index in [-0.39, 0.29) is 89.3 Å². The van der Waals surface area contributed by atoms with Crippen molar-refractivity contribution in [3.63, 3.8) is 0 Å². The Balaban J connectivity index is 0.000000347. The molecule has 35 nitrogen and oxygen atoms in total. The summed E-state index contributed by atoms with van der Waals surface area (Å²) in [6, 6.07) is 60.5. The van der Waals surface area contributed by atoms with Crippen LogP contribution in [0, 0.1) is 71.2 Å². The van der Waals surface area contributed by atoms with Crippen molar-refractivity contribution in [1.82, 2.24) is 29.8 Å². The van der Waals surface area contributed by atoms with Crippen LogP contribution in [0.15, 0.2) is 255 Å². The number of carboxylic acid groups (broad SMARTS) is 1. The molecule has 13 aromatic rings. The van der Waals surface area contributed by atoms with Gasteiger partial charge < -0.3 is 68.5 Å². The molecule has 0 unspecified atom stereocenters. The third kappa shape index (κ3) is 40.2. The van der Waals surface area contributed by atoms with Gasteiger partial charge in [0, 0.05) is 98.4 Å². The molecule has 13 N–H and O–H groups in total. The fourth-order valence-corrected chi connectivity index (χ4v) is 11.7. The van der Waals surface area contributed by atoms with E-state index in [9.17, 15) is 63.7 Å². The number of aromatic nitrogens is 5. The van der Waals surface area contributed by atoms with Gasteiger partial charge in [-0.05, 0) is 214 Å². The minimum Gasteiger partial charge on any atom is -0.668 e. The molecule has 0 spiro atoms. The van der Waals surface area contributed by atoms with Crippen LogP contribution >= 0.6 is 82.0 Å². The monoisotopic (exact) mass is 2030 g/mol. The number of nitro groups is 2. The molecule has 0 atom stereocenters. The number of aliphatic hydroxyl groups is 1. The van der Waals surface area contributed by atoms with Gasteiger partial charge in [-0.1, -0.05) is 136 Å². The van der Waals surface area contributed by atoms with Gasteiger partial charge in [0.15, 0.2) is 5.69 Å². The molecule has 718 valence electrons. The summed E-state index contributed by atoms with van der Waals surface area (Å²) >= 11 is 33.7. The number of nitrogens with two attached hydrogens (primary N) is 2. The van der Waals surface area contributed by atoms with Crippen molar-refractivity contribution in [2.45, 2.75) is 47.1 Å². The van der Waals surface area contributed by atoms with Crippen LogP contribution in [-0.2, 0) is 11.3 Å². The molecule has 14 rings (SSSR count). The minimum absolute atomic E-state index is 0. The number of nitriles is 1. The summed E-state index contributed by atoms with van der Waals surface area (Å²) in [6.45, 7) is 15.5. The number of carbonyl (C=O) groups is 8. The van der Waals surface area contributed by atoms with E-state index >= 15 is 0 Å². The number of carbonyl (C=O) groups excluding carboxylic acids is 7. The Morgan fingerprint density at radius 3 is 1.18 bits per heavy atom. The normalized spacial score (nSPS) is 10.2. The number of hydrogen-bond donors (Lipinski definition) is 11. The van der Waals surface area contributed by atoms with E-state index in [1.54, 1.807) is 211 Å². The van der Waals surface area contributed by atoms with Gasteiger partial charge in [0.25, 0.3) is 52.1 Å². The smallest absolute Gasteiger partial charge is 0.668 e. The van der Waals surface area contributed by atoms with E-state index in [0.29, 0.717) is 121 Å². The zero-order valence-corrected chi connectivity index (χ0v) is 81.6. The molecule has 8 aromatic carbocycles. The SMILES string of the molecule is C1CCOC1.CN(C)C(=N)c1ccc(C(=O)Nc2ccc(CO)cc2C(=O)Nc2ccc(Cl)cn2)cc1.C[N-]C.Cc1ccc(N)c(C(=O)Nc2ccc(Cl)cn2)c1.Cc1ccc(NC(=O)c2ccc(C#N)cc2)c(C(=O)Nc2ccc(Cl)cn2)c1.Cc1ccc([N+](=O)[O-])c(C(=O)Nc2ccc(Cl)cn2)c1.Cc1ccc([N+](=O)[O-])c(C(=O)O)c1.Cl.Nc1ccc(Cl)cn1.[C-]#[N+]c1ccc(C(=O)Cl)cc1.[Li+]. The van der Waals surface area contributed by atoms with Gasteiger partial charge in [-0.3, -0.25) is 59.2 Å². The number of nitrogen functional groups attached to an aromatic ring is 2. The van der Waals surface area contributed by atoms with Gasteiger partial charge in [-0.25, -0.2) is 34.6 Å². The van der Waals surface area contributed by atoms with E-state index in [0.717, 1.165) is 29.9 Å². The number of anilines is 8. The Morgan fingerprint density at radius 2 is 0.829 bits per heavy atom. The first-order chi connectivity index (χ1) is 65.7. The van der Waals surface area contributed by atoms with Gasteiger partial charge in [0.1, 0.15) is 46.1 Å². The van der Waals surface area contributed by atoms with E-state index in [2.05, 4.69) is 67.0 Å². The zero-order chi connectivity index (χ0) is 102. The van der Waals surface area contributed by atoms with Gasteiger partial charge in [-0.15, -0.1) is 12.4 Å². The van der Waals surface area contributed by atoms with Gasteiger partial charge in [0.2, 0.25) is 0 Å². The number of pyridine rings is 5. The summed E-state index contributed by atoms with van der Waals surface area (Å²) in [5.74, 6) is -1.69. The van der Waals surface area contributed by atoms with Crippen molar-refractivity contribution < 1.29 is 82.0 Å². The second-order valence-corrected chi connectivity index (χ2v) is 31.3. The number of aryl methyl sites for hydroxylation is 4. The number of amides is 6. The van der Waals surface area contributed by atoms with Crippen molar-refractivity contribution in [2.75, 3.05) is 84.8 Å². The largest absolute Gasteiger partial charge is 1.00 e. The number of nitrogens with one attached hydrogen (secondary N) is 7. The Labute approximate surface area is 853 Å². The summed E-state index contributed by atoms with van der Waals surface area (Å²) in [5, 5.41) is 77.7. The van der Waals surface area contributed by atoms with Crippen molar-refractivity contribution in [3.8, 4) is 6.07 Å². The molecule has 6 heterocycles. The maximum atomic E-state index is 12.8. The number of carboxylic acids is 1. The molecule has 140 heavy (non-hydrogen) atoms. The quantitative estimate of drug-likeness (QED) is 0.00555. The zero-order valence-electron chi connectivity index (χ0n) is 76.2. The standard InChI is InChI=1S/C23H22ClN5O3.C21H15ClN4O2.C13H10ClN3O3.C13H12ClN3O.C8H4ClNO.C8H7NO4.C5H5ClN2.C4H8O.C2H6N.ClH.Li/c1-29(2)21(25)15-4-6-16(7-5-15)22(31)27-19-9-3-14(13-30)11-18(19)23(32)28-20-10-8-17(24)12-26-20;1-13-2-8-18(25-20(27)15-5-3-14(11-23)4-6-15)17(10-13)21(28)26-19-9-7-16(22)12-24-19;1-8-2-4-11(17(19)20)10(6-8)13(18)16-12-5-3-9(14)7-15-12;1-8-2-4-11(15)10(6-8)13(18)17-12-5-3-9(14)7-16-12;1-10-7-4-2-6(3-5-7)8(9)11;1-5-2-3-7(9(12)13)6(4-5)8(10)11;6-4-1-2-5(7)8-3-4;1-2-4-5-3-1;1-3-2;;/h3-12,25,30H,13H2,1-2H3,(H,27,31)(H,26,28,32);2-10,12H,1H3,(H,25,27)(H,24,26,28);2-7H,1H3,(H,15,16,18);2-7H,15H2,1H3,(H,16,17,18);2-5H;2-4H,1H3,(H,10,11);1-3H,(H2,7,8);1-4H2;1-2H3;1H;/q;;;;;;;;-1;;+1. The first-order valence-corrected chi connectivity index (χ1v) is 42.8. The van der Waals surface area contributed by atoms with Crippen molar-refractivity contribution >= 4 is 198 Å². The average Bonchev–Trinajstić information content (AvgIpc) is 0.838. The number of halogens is 7. The molecule has 0 radical (unpaired) electrons. The Kier molecular flexibility index (Phi) is 50.6. The summed E-state index contributed by atoms with van der Waals surface area (Å²) in [7, 11) is 7.04. The van der Waals surface area contributed by atoms with E-state index in [4.69, 9.17) is 108 Å². The van der Waals surface area contributed by atoms with Crippen LogP contribution in [0.5, 0.6) is 0 Å². The van der Waals surface area contributed by atoms with Gasteiger partial charge >= 0.3 is 24.8 Å². The molecule has 6 amide bonds. The fraction of sp³-hybridized carbons (Fsp3) is 0.134. The number of aromatic carboxylic acids is 1. The molecule has 0 aliphatic carbocycles. The Morgan fingerprint density at radius 1 is 0.486 bits per heavy atom. The number of ether oxygens (including phenoxy) is 1. The molecule has 1 aliphatic heterocycles. The van der Waals surface area contributed by atoms with Gasteiger partial charge in [-0.2, -0.15) is 19.4 Å². The number of nitro benzene ring substituents is 2. The van der Waals surface area contributed by atoms with Crippen LogP contribution in [0.4, 0.5) is 63.2 Å². The Hall–Kier alpha value is -15.2. The fourth-order valence-electron chi connectivity index (χ4n) is 11.0. The molecule has 43 heteroatoms. The minimum atomic E-state index is -1.28. The Bertz CT molecular complexity index is 6490. The predicted octanol–water partition coefficient (Wildman–Crippen LogP) is 18.5. The van der Waals surface area contributed by atoms with Crippen LogP contribution in [-0.4, -0.2) is 144 Å². The van der Waals surface area contributed by atoms with E-state index < -0.39 is 44.7 Å². The van der Waals surface area contributed by atoms with Crippen LogP contribution in [0.2, 0.25) is 25.1 Å². The maximum Gasteiger partial charge on any atom is 1.00 e. The molecule has 5 aromatic heterocycles. The number of aliphatic hydroxyl groups excluding tert-OH is 1. The van der Waals surface area contributed by atoms with Crippen molar-refractivity contribution in [1.29, 1.82) is 10.7 Å².